The van der Waals surface area contributed by atoms with E-state index >= 15 is 0 Å². The van der Waals surface area contributed by atoms with Crippen molar-refractivity contribution in [2.24, 2.45) is 34.5 Å². The Morgan fingerprint density at radius 2 is 1.89 bits per heavy atom. The van der Waals surface area contributed by atoms with Gasteiger partial charge >= 0.3 is 0 Å². The monoisotopic (exact) mass is 372 g/mol. The molecule has 0 bridgehead atoms. The van der Waals surface area contributed by atoms with Crippen LogP contribution in [0, 0.1) is 34.5 Å². The van der Waals surface area contributed by atoms with E-state index in [1.807, 2.05) is 5.57 Å². The van der Waals surface area contributed by atoms with E-state index < -0.39 is 0 Å². The molecule has 7 atom stereocenters. The summed E-state index contributed by atoms with van der Waals surface area (Å²) >= 11 is 0. The first kappa shape index (κ1) is 20.0. The molecule has 1 N–H and O–H groups in total. The highest BCUT2D eigenvalue weighted by molar-refractivity contribution is 5.35. The molecule has 0 aromatic carbocycles. The molecule has 1 nitrogen and oxygen atoms in total. The van der Waals surface area contributed by atoms with Gasteiger partial charge < -0.3 is 5.11 Å². The van der Waals surface area contributed by atoms with Crippen molar-refractivity contribution in [2.75, 3.05) is 0 Å². The zero-order valence-corrected chi connectivity index (χ0v) is 18.5. The number of hydrogen-bond acceptors (Lipinski definition) is 1. The predicted octanol–water partition coefficient (Wildman–Crippen LogP) is 7.29. The van der Waals surface area contributed by atoms with E-state index in [1.54, 1.807) is 5.57 Å². The first-order chi connectivity index (χ1) is 12.9. The normalized spacial score (nSPS) is 45.2. The van der Waals surface area contributed by atoms with Gasteiger partial charge in [-0.05, 0) is 73.5 Å². The Balaban J connectivity index is 1.61. The minimum atomic E-state index is -0.0809. The Bertz CT molecular complexity index is 577. The molecule has 2 fully saturated rings. The molecule has 4 rings (SSSR count). The van der Waals surface area contributed by atoms with Crippen LogP contribution in [-0.2, 0) is 0 Å². The van der Waals surface area contributed by atoms with Crippen LogP contribution in [0.3, 0.4) is 0 Å². The summed E-state index contributed by atoms with van der Waals surface area (Å²) in [4.78, 5) is 0. The zero-order chi connectivity index (χ0) is 19.2. The van der Waals surface area contributed by atoms with Gasteiger partial charge in [-0.1, -0.05) is 77.4 Å². The maximum Gasteiger partial charge on any atom is 0.0613 e. The van der Waals surface area contributed by atoms with Gasteiger partial charge in [-0.15, -0.1) is 0 Å². The van der Waals surface area contributed by atoms with Gasteiger partial charge in [0.1, 0.15) is 0 Å². The molecule has 154 valence electrons. The standard InChI is InChI=1S/C26H44O/c1-5-6-7-10-18(2)22-17-23(27)24-20-13-12-19-11-8-9-15-25(19,3)21(20)14-16-26(22,24)4/h18-19,22-24,27H,5-17H2,1-4H3/t18-,19-,22-,23-,24+,25+,26-/m1/s1. The van der Waals surface area contributed by atoms with Crippen LogP contribution in [-0.4, -0.2) is 11.2 Å². The molecule has 2 saturated carbocycles. The molecule has 1 heteroatoms. The summed E-state index contributed by atoms with van der Waals surface area (Å²) < 4.78 is 0. The Labute approximate surface area is 168 Å². The topological polar surface area (TPSA) is 20.2 Å². The fraction of sp³-hybridized carbons (Fsp3) is 0.923. The second kappa shape index (κ2) is 7.51. The molecule has 0 heterocycles. The summed E-state index contributed by atoms with van der Waals surface area (Å²) in [6.07, 6.45) is 17.5. The van der Waals surface area contributed by atoms with E-state index in [0.29, 0.717) is 16.7 Å². The highest BCUT2D eigenvalue weighted by Crippen LogP contribution is 2.65. The van der Waals surface area contributed by atoms with Crippen LogP contribution >= 0.6 is 0 Å². The molecule has 27 heavy (non-hydrogen) atoms. The van der Waals surface area contributed by atoms with Gasteiger partial charge in [0.25, 0.3) is 0 Å². The van der Waals surface area contributed by atoms with Gasteiger partial charge in [-0.2, -0.15) is 0 Å². The van der Waals surface area contributed by atoms with Gasteiger partial charge in [-0.25, -0.2) is 0 Å². The molecule has 0 aliphatic heterocycles. The highest BCUT2D eigenvalue weighted by Gasteiger charge is 2.58. The number of aliphatic hydroxyl groups excluding tert-OH is 1. The van der Waals surface area contributed by atoms with Crippen molar-refractivity contribution in [3.05, 3.63) is 11.1 Å². The summed E-state index contributed by atoms with van der Waals surface area (Å²) in [5.41, 5.74) is 4.40. The number of aliphatic hydroxyl groups is 1. The summed E-state index contributed by atoms with van der Waals surface area (Å²) in [5.74, 6) is 2.89. The van der Waals surface area contributed by atoms with Gasteiger partial charge in [0.05, 0.1) is 6.10 Å². The molecule has 0 radical (unpaired) electrons. The molecule has 0 saturated heterocycles. The van der Waals surface area contributed by atoms with Crippen LogP contribution in [0.2, 0.25) is 0 Å². The van der Waals surface area contributed by atoms with Gasteiger partial charge in [-0.3, -0.25) is 0 Å². The van der Waals surface area contributed by atoms with Crippen molar-refractivity contribution in [3.8, 4) is 0 Å². The molecule has 0 aromatic rings. The van der Waals surface area contributed by atoms with Crippen molar-refractivity contribution in [3.63, 3.8) is 0 Å². The number of fused-ring (bicyclic) bond motifs is 4. The average molecular weight is 373 g/mol. The number of hydrogen-bond donors (Lipinski definition) is 1. The quantitative estimate of drug-likeness (QED) is 0.397. The number of rotatable bonds is 5. The smallest absolute Gasteiger partial charge is 0.0613 e. The Hall–Kier alpha value is -0.300. The molecule has 4 aliphatic carbocycles. The maximum absolute atomic E-state index is 11.3. The lowest BCUT2D eigenvalue weighted by molar-refractivity contribution is 0.0440. The van der Waals surface area contributed by atoms with Crippen molar-refractivity contribution in [1.82, 2.24) is 0 Å². The largest absolute Gasteiger partial charge is 0.392 e. The predicted molar refractivity (Wildman–Crippen MR) is 115 cm³/mol. The van der Waals surface area contributed by atoms with Crippen molar-refractivity contribution < 1.29 is 5.11 Å². The lowest BCUT2D eigenvalue weighted by Gasteiger charge is -2.54. The van der Waals surface area contributed by atoms with Crippen molar-refractivity contribution in [1.29, 1.82) is 0 Å². The first-order valence-corrected chi connectivity index (χ1v) is 12.3. The summed E-state index contributed by atoms with van der Waals surface area (Å²) in [5, 5.41) is 11.3. The second-order valence-electron chi connectivity index (χ2n) is 11.3. The second-order valence-corrected chi connectivity index (χ2v) is 11.3. The number of allylic oxidation sites excluding steroid dienone is 1. The van der Waals surface area contributed by atoms with E-state index in [-0.39, 0.29) is 6.10 Å². The third-order valence-corrected chi connectivity index (χ3v) is 9.92. The Kier molecular flexibility index (Phi) is 5.56. The van der Waals surface area contributed by atoms with E-state index in [0.717, 1.165) is 24.2 Å². The Morgan fingerprint density at radius 1 is 1.07 bits per heavy atom. The third-order valence-electron chi connectivity index (χ3n) is 9.92. The van der Waals surface area contributed by atoms with E-state index in [1.165, 1.54) is 77.0 Å². The minimum absolute atomic E-state index is 0.0809. The van der Waals surface area contributed by atoms with Gasteiger partial charge in [0.2, 0.25) is 0 Å². The van der Waals surface area contributed by atoms with E-state index in [9.17, 15) is 5.11 Å². The van der Waals surface area contributed by atoms with Crippen LogP contribution in [0.4, 0.5) is 0 Å². The maximum atomic E-state index is 11.3. The van der Waals surface area contributed by atoms with E-state index in [2.05, 4.69) is 27.7 Å². The summed E-state index contributed by atoms with van der Waals surface area (Å²) in [6.45, 7) is 9.96. The van der Waals surface area contributed by atoms with Gasteiger partial charge in [0, 0.05) is 5.92 Å². The molecular weight excluding hydrogens is 328 g/mol. The minimum Gasteiger partial charge on any atom is -0.392 e. The zero-order valence-electron chi connectivity index (χ0n) is 18.5. The fourth-order valence-electron chi connectivity index (χ4n) is 8.40. The van der Waals surface area contributed by atoms with Crippen LogP contribution < -0.4 is 0 Å². The van der Waals surface area contributed by atoms with Crippen molar-refractivity contribution >= 4 is 0 Å². The lowest BCUT2D eigenvalue weighted by atomic mass is 9.50. The molecular formula is C26H44O. The Morgan fingerprint density at radius 3 is 2.67 bits per heavy atom. The summed E-state index contributed by atoms with van der Waals surface area (Å²) in [7, 11) is 0. The fourth-order valence-corrected chi connectivity index (χ4v) is 8.40. The van der Waals surface area contributed by atoms with Crippen LogP contribution in [0.25, 0.3) is 0 Å². The average Bonchev–Trinajstić information content (AvgIpc) is 2.92. The van der Waals surface area contributed by atoms with Crippen LogP contribution in [0.1, 0.15) is 111 Å². The number of unbranched alkanes of at least 4 members (excludes halogenated alkanes) is 2. The molecule has 0 spiro atoms. The molecule has 0 amide bonds. The lowest BCUT2D eigenvalue weighted by Crippen LogP contribution is -2.45. The van der Waals surface area contributed by atoms with Crippen molar-refractivity contribution in [2.45, 2.75) is 117 Å². The van der Waals surface area contributed by atoms with Crippen LogP contribution in [0.5, 0.6) is 0 Å². The van der Waals surface area contributed by atoms with E-state index in [4.69, 9.17) is 0 Å². The SMILES string of the molecule is CCCCC[C@@H](C)[C@H]1C[C@@H](O)[C@@H]2C3=C(CC[C@]12C)[C@@]1(C)CCCC[C@@H]1CC3. The first-order valence-electron chi connectivity index (χ1n) is 12.3. The highest BCUT2D eigenvalue weighted by atomic mass is 16.3. The molecule has 0 unspecified atom stereocenters. The third kappa shape index (κ3) is 3.15. The van der Waals surface area contributed by atoms with Crippen LogP contribution in [0.15, 0.2) is 11.1 Å². The molecule has 4 aliphatic rings. The molecule has 0 aromatic heterocycles. The van der Waals surface area contributed by atoms with Gasteiger partial charge in [0.15, 0.2) is 0 Å². The summed E-state index contributed by atoms with van der Waals surface area (Å²) in [6, 6.07) is 0.